The molecule has 1 fully saturated rings. The minimum absolute atomic E-state index is 0.259. The first-order valence-corrected chi connectivity index (χ1v) is 5.98. The predicted molar refractivity (Wildman–Crippen MR) is 59.0 cm³/mol. The van der Waals surface area contributed by atoms with Gasteiger partial charge in [0.1, 0.15) is 0 Å². The highest BCUT2D eigenvalue weighted by Crippen LogP contribution is 2.24. The Morgan fingerprint density at radius 1 is 0.833 bits per heavy atom. The summed E-state index contributed by atoms with van der Waals surface area (Å²) in [6.45, 7) is 3.42. The van der Waals surface area contributed by atoms with Crippen molar-refractivity contribution >= 4 is 23.9 Å². The fourth-order valence-electron chi connectivity index (χ4n) is 1.91. The largest absolute Gasteiger partial charge is 0.393 e. The lowest BCUT2D eigenvalue weighted by atomic mass is 9.88. The average Bonchev–Trinajstić information content (AvgIpc) is 2.31. The van der Waals surface area contributed by atoms with E-state index in [9.17, 15) is 19.2 Å². The van der Waals surface area contributed by atoms with Crippen LogP contribution < -0.4 is 0 Å². The minimum Gasteiger partial charge on any atom is -0.393 e. The summed E-state index contributed by atoms with van der Waals surface area (Å²) in [6.07, 6.45) is 0.165. The van der Waals surface area contributed by atoms with Gasteiger partial charge < -0.3 is 9.47 Å². The number of ether oxygens (including phenoxy) is 2. The van der Waals surface area contributed by atoms with Gasteiger partial charge in [-0.2, -0.15) is 0 Å². The summed E-state index contributed by atoms with van der Waals surface area (Å²) in [5.41, 5.74) is 0. The van der Waals surface area contributed by atoms with Crippen LogP contribution in [-0.4, -0.2) is 23.9 Å². The van der Waals surface area contributed by atoms with Crippen LogP contribution in [0.15, 0.2) is 0 Å². The van der Waals surface area contributed by atoms with Crippen molar-refractivity contribution in [1.82, 2.24) is 0 Å². The number of hydrogen-bond acceptors (Lipinski definition) is 6. The Balaban J connectivity index is 2.97. The summed E-state index contributed by atoms with van der Waals surface area (Å²) in [5.74, 6) is -4.48. The van der Waals surface area contributed by atoms with Crippen LogP contribution in [0, 0.1) is 11.8 Å². The van der Waals surface area contributed by atoms with Crippen LogP contribution in [0.2, 0.25) is 0 Å². The van der Waals surface area contributed by atoms with Crippen LogP contribution in [0.25, 0.3) is 0 Å². The van der Waals surface area contributed by atoms with Crippen LogP contribution in [-0.2, 0) is 28.7 Å². The molecule has 1 rings (SSSR count). The first kappa shape index (κ1) is 14.3. The van der Waals surface area contributed by atoms with Crippen molar-refractivity contribution in [3.8, 4) is 0 Å². The second-order valence-corrected chi connectivity index (χ2v) is 4.12. The number of cyclic esters (lactones) is 4. The van der Waals surface area contributed by atoms with E-state index < -0.39 is 35.7 Å². The fraction of sp³-hybridized carbons (Fsp3) is 0.667. The van der Waals surface area contributed by atoms with E-state index in [1.54, 1.807) is 13.8 Å². The second-order valence-electron chi connectivity index (χ2n) is 4.12. The van der Waals surface area contributed by atoms with Crippen LogP contribution in [0.4, 0.5) is 0 Å². The molecule has 18 heavy (non-hydrogen) atoms. The standard InChI is InChI=1S/C12H16O6/c1-3-7-8(4-2)12(16)18-10(14)6-5-9(13)17-11(7)15/h7-8H,3-6H2,1-2H3. The van der Waals surface area contributed by atoms with Crippen LogP contribution in [0.3, 0.4) is 0 Å². The van der Waals surface area contributed by atoms with Crippen molar-refractivity contribution in [2.24, 2.45) is 11.8 Å². The molecule has 1 aliphatic rings. The molecule has 0 amide bonds. The fourth-order valence-corrected chi connectivity index (χ4v) is 1.91. The molecule has 6 heteroatoms. The van der Waals surface area contributed by atoms with Crippen molar-refractivity contribution in [2.45, 2.75) is 39.5 Å². The Kier molecular flexibility index (Phi) is 5.00. The molecule has 1 aliphatic heterocycles. The van der Waals surface area contributed by atoms with Crippen molar-refractivity contribution in [1.29, 1.82) is 0 Å². The van der Waals surface area contributed by atoms with E-state index in [0.29, 0.717) is 12.8 Å². The van der Waals surface area contributed by atoms with Crippen LogP contribution in [0.5, 0.6) is 0 Å². The molecule has 100 valence electrons. The van der Waals surface area contributed by atoms with Crippen LogP contribution >= 0.6 is 0 Å². The Hall–Kier alpha value is -1.72. The molecule has 0 spiro atoms. The van der Waals surface area contributed by atoms with Gasteiger partial charge in [-0.25, -0.2) is 0 Å². The molecule has 0 bridgehead atoms. The molecular weight excluding hydrogens is 240 g/mol. The van der Waals surface area contributed by atoms with Crippen molar-refractivity contribution < 1.29 is 28.7 Å². The highest BCUT2D eigenvalue weighted by Gasteiger charge is 2.36. The molecular formula is C12H16O6. The van der Waals surface area contributed by atoms with E-state index in [0.717, 1.165) is 0 Å². The topological polar surface area (TPSA) is 86.7 Å². The Morgan fingerprint density at radius 3 is 1.44 bits per heavy atom. The summed E-state index contributed by atoms with van der Waals surface area (Å²) >= 11 is 0. The van der Waals surface area contributed by atoms with Crippen molar-refractivity contribution in [3.63, 3.8) is 0 Å². The third kappa shape index (κ3) is 3.38. The van der Waals surface area contributed by atoms with Gasteiger partial charge in [0.25, 0.3) is 0 Å². The van der Waals surface area contributed by atoms with Gasteiger partial charge in [-0.1, -0.05) is 13.8 Å². The second kappa shape index (κ2) is 6.28. The maximum absolute atomic E-state index is 11.7. The molecule has 0 aromatic heterocycles. The lowest BCUT2D eigenvalue weighted by Gasteiger charge is -2.22. The van der Waals surface area contributed by atoms with E-state index in [2.05, 4.69) is 9.47 Å². The number of carbonyl (C=O) groups excluding carboxylic acids is 4. The Morgan fingerprint density at radius 2 is 1.17 bits per heavy atom. The summed E-state index contributed by atoms with van der Waals surface area (Å²) in [6, 6.07) is 0. The van der Waals surface area contributed by atoms with Gasteiger partial charge in [0.05, 0.1) is 24.7 Å². The summed E-state index contributed by atoms with van der Waals surface area (Å²) < 4.78 is 9.24. The van der Waals surface area contributed by atoms with E-state index >= 15 is 0 Å². The number of esters is 4. The normalized spacial score (nSPS) is 26.6. The predicted octanol–water partition coefficient (Wildman–Crippen LogP) is 0.972. The molecule has 1 saturated heterocycles. The molecule has 0 radical (unpaired) electrons. The van der Waals surface area contributed by atoms with E-state index in [-0.39, 0.29) is 12.8 Å². The first-order chi connectivity index (χ1) is 8.49. The molecule has 0 aromatic carbocycles. The molecule has 0 aromatic rings. The maximum Gasteiger partial charge on any atom is 0.317 e. The SMILES string of the molecule is CCC1C(=O)OC(=O)CCC(=O)OC(=O)C1CC. The van der Waals surface area contributed by atoms with Gasteiger partial charge in [0, 0.05) is 0 Å². The van der Waals surface area contributed by atoms with Crippen molar-refractivity contribution in [3.05, 3.63) is 0 Å². The summed E-state index contributed by atoms with van der Waals surface area (Å²) in [7, 11) is 0. The number of hydrogen-bond donors (Lipinski definition) is 0. The highest BCUT2D eigenvalue weighted by molar-refractivity contribution is 5.95. The van der Waals surface area contributed by atoms with E-state index in [1.165, 1.54) is 0 Å². The molecule has 1 heterocycles. The van der Waals surface area contributed by atoms with Gasteiger partial charge in [0.2, 0.25) is 0 Å². The summed E-state index contributed by atoms with van der Waals surface area (Å²) in [5, 5.41) is 0. The van der Waals surface area contributed by atoms with Gasteiger partial charge >= 0.3 is 23.9 Å². The molecule has 0 saturated carbocycles. The number of rotatable bonds is 2. The number of carbonyl (C=O) groups is 4. The lowest BCUT2D eigenvalue weighted by Crippen LogP contribution is -2.35. The van der Waals surface area contributed by atoms with Gasteiger partial charge in [-0.05, 0) is 12.8 Å². The lowest BCUT2D eigenvalue weighted by molar-refractivity contribution is -0.175. The molecule has 2 atom stereocenters. The Labute approximate surface area is 105 Å². The van der Waals surface area contributed by atoms with Gasteiger partial charge in [0.15, 0.2) is 0 Å². The smallest absolute Gasteiger partial charge is 0.317 e. The third-order valence-electron chi connectivity index (χ3n) is 2.93. The maximum atomic E-state index is 11.7. The molecule has 6 nitrogen and oxygen atoms in total. The third-order valence-corrected chi connectivity index (χ3v) is 2.93. The van der Waals surface area contributed by atoms with Crippen LogP contribution in [0.1, 0.15) is 39.5 Å². The van der Waals surface area contributed by atoms with E-state index in [4.69, 9.17) is 0 Å². The monoisotopic (exact) mass is 256 g/mol. The highest BCUT2D eigenvalue weighted by atomic mass is 16.6. The zero-order valence-electron chi connectivity index (χ0n) is 10.4. The molecule has 0 aliphatic carbocycles. The summed E-state index contributed by atoms with van der Waals surface area (Å²) in [4.78, 5) is 46.0. The van der Waals surface area contributed by atoms with Gasteiger partial charge in [-0.15, -0.1) is 0 Å². The zero-order chi connectivity index (χ0) is 13.7. The average molecular weight is 256 g/mol. The van der Waals surface area contributed by atoms with Gasteiger partial charge in [-0.3, -0.25) is 19.2 Å². The molecule has 0 N–H and O–H groups in total. The Bertz CT molecular complexity index is 337. The van der Waals surface area contributed by atoms with E-state index in [1.807, 2.05) is 0 Å². The van der Waals surface area contributed by atoms with Crippen molar-refractivity contribution in [2.75, 3.05) is 0 Å². The first-order valence-electron chi connectivity index (χ1n) is 5.98. The molecule has 2 unspecified atom stereocenters. The minimum atomic E-state index is -0.764. The quantitative estimate of drug-likeness (QED) is 0.540. The zero-order valence-corrected chi connectivity index (χ0v) is 10.4.